The number of hydrogen-bond donors (Lipinski definition) is 1. The molecule has 1 aliphatic rings. The molecule has 1 saturated carbocycles. The summed E-state index contributed by atoms with van der Waals surface area (Å²) in [5.41, 5.74) is 0. The largest absolute Gasteiger partial charge is 0.389 e. The second-order valence-corrected chi connectivity index (χ2v) is 4.01. The predicted octanol–water partition coefficient (Wildman–Crippen LogP) is 4.28. The van der Waals surface area contributed by atoms with Gasteiger partial charge >= 0.3 is 6.18 Å². The molecule has 0 aromatic rings. The fourth-order valence-electron chi connectivity index (χ4n) is 1.90. The van der Waals surface area contributed by atoms with Crippen LogP contribution >= 0.6 is 0 Å². The molecule has 0 amide bonds. The molecule has 98 valence electrons. The van der Waals surface area contributed by atoms with E-state index in [0.717, 1.165) is 12.8 Å². The zero-order chi connectivity index (χ0) is 12.4. The minimum absolute atomic E-state index is 0.208. The van der Waals surface area contributed by atoms with Crippen molar-refractivity contribution in [1.29, 1.82) is 0 Å². The summed E-state index contributed by atoms with van der Waals surface area (Å²) in [5.74, 6) is 0. The van der Waals surface area contributed by atoms with E-state index in [1.807, 2.05) is 13.8 Å². The molecule has 1 fully saturated rings. The molecule has 0 atom stereocenters. The highest BCUT2D eigenvalue weighted by atomic mass is 19.4. The highest BCUT2D eigenvalue weighted by Crippen LogP contribution is 2.21. The summed E-state index contributed by atoms with van der Waals surface area (Å²) in [4.78, 5) is 0. The summed E-state index contributed by atoms with van der Waals surface area (Å²) in [5, 5.41) is 3.19. The van der Waals surface area contributed by atoms with Crippen LogP contribution in [-0.4, -0.2) is 18.8 Å². The van der Waals surface area contributed by atoms with E-state index in [1.165, 1.54) is 19.3 Å². The summed E-state index contributed by atoms with van der Waals surface area (Å²) in [6, 6.07) is 0.469. The van der Waals surface area contributed by atoms with Gasteiger partial charge in [-0.05, 0) is 25.8 Å². The Morgan fingerprint density at radius 1 is 1.06 bits per heavy atom. The van der Waals surface area contributed by atoms with E-state index >= 15 is 0 Å². The van der Waals surface area contributed by atoms with Gasteiger partial charge < -0.3 is 5.32 Å². The summed E-state index contributed by atoms with van der Waals surface area (Å²) in [6.07, 6.45) is 1.54. The highest BCUT2D eigenvalue weighted by Gasteiger charge is 2.26. The van der Waals surface area contributed by atoms with Gasteiger partial charge in [0.15, 0.2) is 0 Å². The smallest absolute Gasteiger partial charge is 0.314 e. The van der Waals surface area contributed by atoms with Crippen LogP contribution in [0, 0.1) is 0 Å². The Kier molecular flexibility index (Phi) is 8.71. The lowest BCUT2D eigenvalue weighted by atomic mass is 9.95. The lowest BCUT2D eigenvalue weighted by molar-refractivity contribution is -0.135. The first-order chi connectivity index (χ1) is 7.58. The van der Waals surface area contributed by atoms with E-state index in [9.17, 15) is 13.2 Å². The van der Waals surface area contributed by atoms with Crippen molar-refractivity contribution in [3.8, 4) is 0 Å². The van der Waals surface area contributed by atoms with Crippen LogP contribution in [0.4, 0.5) is 13.2 Å². The molecular weight excluding hydrogens is 215 g/mol. The van der Waals surface area contributed by atoms with Crippen LogP contribution in [0.15, 0.2) is 0 Å². The van der Waals surface area contributed by atoms with Gasteiger partial charge in [-0.3, -0.25) is 0 Å². The molecular formula is C12H24F3N. The number of hydrogen-bond acceptors (Lipinski definition) is 1. The van der Waals surface area contributed by atoms with E-state index in [1.54, 1.807) is 0 Å². The Morgan fingerprint density at radius 3 is 2.12 bits per heavy atom. The summed E-state index contributed by atoms with van der Waals surface area (Å²) in [6.45, 7) is 4.50. The minimum atomic E-state index is -3.99. The molecule has 0 aromatic carbocycles. The first kappa shape index (κ1) is 15.8. The van der Waals surface area contributed by atoms with Crippen molar-refractivity contribution >= 4 is 0 Å². The average Bonchev–Trinajstić information content (AvgIpc) is 2.28. The second-order valence-electron chi connectivity index (χ2n) is 4.01. The Morgan fingerprint density at radius 2 is 1.62 bits per heavy atom. The summed E-state index contributed by atoms with van der Waals surface area (Å²) in [7, 11) is 0. The van der Waals surface area contributed by atoms with Gasteiger partial charge in [0.1, 0.15) is 0 Å². The standard InChI is InChI=1S/C10H18F3N.C2H6/c11-10(12,13)7-4-8-14-9-5-2-1-3-6-9;1-2/h9,14H,1-8H2;1-2H3. The maximum Gasteiger partial charge on any atom is 0.389 e. The van der Waals surface area contributed by atoms with Crippen LogP contribution in [0.25, 0.3) is 0 Å². The zero-order valence-corrected chi connectivity index (χ0v) is 10.4. The Hall–Kier alpha value is -0.250. The van der Waals surface area contributed by atoms with Gasteiger partial charge in [0.2, 0.25) is 0 Å². The molecule has 0 aromatic heterocycles. The Bertz CT molecular complexity index is 151. The molecule has 1 rings (SSSR count). The molecule has 0 bridgehead atoms. The molecule has 0 spiro atoms. The van der Waals surface area contributed by atoms with E-state index in [2.05, 4.69) is 5.32 Å². The number of nitrogens with one attached hydrogen (secondary N) is 1. The van der Waals surface area contributed by atoms with Gasteiger partial charge in [-0.15, -0.1) is 0 Å². The van der Waals surface area contributed by atoms with Crippen molar-refractivity contribution in [3.05, 3.63) is 0 Å². The third-order valence-corrected chi connectivity index (χ3v) is 2.68. The molecule has 1 N–H and O–H groups in total. The molecule has 0 heterocycles. The van der Waals surface area contributed by atoms with Gasteiger partial charge in [0.05, 0.1) is 0 Å². The Labute approximate surface area is 96.8 Å². The normalized spacial score (nSPS) is 17.8. The van der Waals surface area contributed by atoms with Crippen LogP contribution in [0.2, 0.25) is 0 Å². The van der Waals surface area contributed by atoms with Crippen LogP contribution in [0.1, 0.15) is 58.8 Å². The van der Waals surface area contributed by atoms with E-state index in [4.69, 9.17) is 0 Å². The van der Waals surface area contributed by atoms with Crippen molar-refractivity contribution in [3.63, 3.8) is 0 Å². The monoisotopic (exact) mass is 239 g/mol. The first-order valence-corrected chi connectivity index (χ1v) is 6.38. The molecule has 1 nitrogen and oxygen atoms in total. The third-order valence-electron chi connectivity index (χ3n) is 2.68. The molecule has 0 radical (unpaired) electrons. The lowest BCUT2D eigenvalue weighted by Crippen LogP contribution is -2.32. The van der Waals surface area contributed by atoms with Crippen LogP contribution < -0.4 is 5.32 Å². The van der Waals surface area contributed by atoms with Gasteiger partial charge in [0, 0.05) is 12.5 Å². The average molecular weight is 239 g/mol. The zero-order valence-electron chi connectivity index (χ0n) is 10.4. The van der Waals surface area contributed by atoms with Gasteiger partial charge in [-0.1, -0.05) is 33.1 Å². The lowest BCUT2D eigenvalue weighted by Gasteiger charge is -2.22. The molecule has 4 heteroatoms. The van der Waals surface area contributed by atoms with Crippen LogP contribution in [0.3, 0.4) is 0 Å². The topological polar surface area (TPSA) is 12.0 Å². The molecule has 0 unspecified atom stereocenters. The number of halogens is 3. The van der Waals surface area contributed by atoms with E-state index in [0.29, 0.717) is 12.6 Å². The van der Waals surface area contributed by atoms with E-state index in [-0.39, 0.29) is 6.42 Å². The minimum Gasteiger partial charge on any atom is -0.314 e. The molecule has 16 heavy (non-hydrogen) atoms. The van der Waals surface area contributed by atoms with Gasteiger partial charge in [0.25, 0.3) is 0 Å². The number of alkyl halides is 3. The summed E-state index contributed by atoms with van der Waals surface area (Å²) >= 11 is 0. The van der Waals surface area contributed by atoms with Crippen molar-refractivity contribution < 1.29 is 13.2 Å². The fourth-order valence-corrected chi connectivity index (χ4v) is 1.90. The van der Waals surface area contributed by atoms with Crippen molar-refractivity contribution in [2.45, 2.75) is 71.0 Å². The fraction of sp³-hybridized carbons (Fsp3) is 1.00. The van der Waals surface area contributed by atoms with Crippen LogP contribution in [0.5, 0.6) is 0 Å². The van der Waals surface area contributed by atoms with Gasteiger partial charge in [-0.25, -0.2) is 0 Å². The maximum absolute atomic E-state index is 11.8. The third kappa shape index (κ3) is 9.01. The first-order valence-electron chi connectivity index (χ1n) is 6.38. The Balaban J connectivity index is 0.00000106. The van der Waals surface area contributed by atoms with Gasteiger partial charge in [-0.2, -0.15) is 13.2 Å². The maximum atomic E-state index is 11.8. The van der Waals surface area contributed by atoms with Crippen LogP contribution in [-0.2, 0) is 0 Å². The highest BCUT2D eigenvalue weighted by molar-refractivity contribution is 4.71. The van der Waals surface area contributed by atoms with Crippen molar-refractivity contribution in [2.24, 2.45) is 0 Å². The van der Waals surface area contributed by atoms with Crippen molar-refractivity contribution in [1.82, 2.24) is 5.32 Å². The van der Waals surface area contributed by atoms with E-state index < -0.39 is 12.6 Å². The molecule has 0 saturated heterocycles. The second kappa shape index (κ2) is 8.85. The number of rotatable bonds is 4. The SMILES string of the molecule is CC.FC(F)(F)CCCNC1CCCCC1. The molecule has 0 aliphatic heterocycles. The molecule has 1 aliphatic carbocycles. The quantitative estimate of drug-likeness (QED) is 0.722. The predicted molar refractivity (Wildman–Crippen MR) is 61.5 cm³/mol. The van der Waals surface area contributed by atoms with Crippen molar-refractivity contribution in [2.75, 3.05) is 6.54 Å². The summed E-state index contributed by atoms with van der Waals surface area (Å²) < 4.78 is 35.4.